The molecule has 0 radical (unpaired) electrons. The van der Waals surface area contributed by atoms with Crippen molar-refractivity contribution in [2.45, 2.75) is 35.9 Å². The molecule has 0 saturated carbocycles. The van der Waals surface area contributed by atoms with Crippen LogP contribution in [0.25, 0.3) is 5.69 Å². The van der Waals surface area contributed by atoms with Crippen molar-refractivity contribution in [2.75, 3.05) is 6.26 Å². The first-order valence-corrected chi connectivity index (χ1v) is 9.50. The van der Waals surface area contributed by atoms with E-state index in [4.69, 9.17) is 0 Å². The highest BCUT2D eigenvalue weighted by Gasteiger charge is 2.47. The lowest BCUT2D eigenvalue weighted by Gasteiger charge is -2.29. The summed E-state index contributed by atoms with van der Waals surface area (Å²) in [5.41, 5.74) is -2.45. The number of halogens is 6. The second-order valence-electron chi connectivity index (χ2n) is 6.32. The third-order valence-corrected chi connectivity index (χ3v) is 5.54. The molecule has 0 spiro atoms. The predicted molar refractivity (Wildman–Crippen MR) is 82.1 cm³/mol. The monoisotopic (exact) mass is 413 g/mol. The molecule has 1 aliphatic carbocycles. The van der Waals surface area contributed by atoms with Gasteiger partial charge >= 0.3 is 6.18 Å². The van der Waals surface area contributed by atoms with Crippen LogP contribution >= 0.6 is 0 Å². The molecule has 0 bridgehead atoms. The lowest BCUT2D eigenvalue weighted by Crippen LogP contribution is -2.32. The Hall–Kier alpha value is -2.01. The minimum atomic E-state index is -5.00. The van der Waals surface area contributed by atoms with Crippen LogP contribution in [0.3, 0.4) is 0 Å². The summed E-state index contributed by atoms with van der Waals surface area (Å²) in [6.07, 6.45) is -7.01. The van der Waals surface area contributed by atoms with Gasteiger partial charge in [-0.2, -0.15) is 13.2 Å². The number of nitrogens with zero attached hydrogens (tertiary/aromatic N) is 1. The molecule has 1 atom stereocenters. The van der Waals surface area contributed by atoms with Gasteiger partial charge in [0, 0.05) is 35.8 Å². The molecule has 3 rings (SSSR count). The maximum absolute atomic E-state index is 13.9. The number of aliphatic hydroxyl groups excluding tert-OH is 1. The molecule has 148 valence electrons. The number of hydrogen-bond acceptors (Lipinski definition) is 3. The highest BCUT2D eigenvalue weighted by atomic mass is 32.2. The number of rotatable bonds is 2. The predicted octanol–water partition coefficient (Wildman–Crippen LogP) is 3.65. The molecule has 0 aliphatic heterocycles. The molecular weight excluding hydrogens is 400 g/mol. The lowest BCUT2D eigenvalue weighted by atomic mass is 9.91. The van der Waals surface area contributed by atoms with Crippen molar-refractivity contribution in [1.29, 1.82) is 0 Å². The number of alkyl halides is 5. The fraction of sp³-hybridized carbons (Fsp3) is 0.375. The van der Waals surface area contributed by atoms with Crippen molar-refractivity contribution >= 4 is 9.84 Å². The average Bonchev–Trinajstić information content (AvgIpc) is 2.91. The molecule has 0 saturated heterocycles. The number of aliphatic hydroxyl groups is 1. The summed E-state index contributed by atoms with van der Waals surface area (Å²) in [6, 6.07) is 1.98. The van der Waals surface area contributed by atoms with Crippen molar-refractivity contribution < 1.29 is 39.9 Å². The molecule has 27 heavy (non-hydrogen) atoms. The van der Waals surface area contributed by atoms with Gasteiger partial charge in [-0.1, -0.05) is 0 Å². The molecule has 1 aromatic heterocycles. The highest BCUT2D eigenvalue weighted by molar-refractivity contribution is 7.90. The van der Waals surface area contributed by atoms with Crippen molar-refractivity contribution in [1.82, 2.24) is 4.57 Å². The molecule has 1 aromatic carbocycles. The van der Waals surface area contributed by atoms with Crippen LogP contribution < -0.4 is 0 Å². The van der Waals surface area contributed by atoms with Crippen molar-refractivity contribution in [3.8, 4) is 5.69 Å². The van der Waals surface area contributed by atoms with Gasteiger partial charge in [-0.15, -0.1) is 0 Å². The minimum Gasteiger partial charge on any atom is -0.382 e. The van der Waals surface area contributed by atoms with E-state index in [0.29, 0.717) is 12.1 Å². The van der Waals surface area contributed by atoms with E-state index in [0.717, 1.165) is 23.1 Å². The van der Waals surface area contributed by atoms with E-state index in [2.05, 4.69) is 0 Å². The van der Waals surface area contributed by atoms with Gasteiger partial charge < -0.3 is 9.67 Å². The summed E-state index contributed by atoms with van der Waals surface area (Å²) in [5, 5.41) is 9.95. The summed E-state index contributed by atoms with van der Waals surface area (Å²) in [4.78, 5) is -0.609. The van der Waals surface area contributed by atoms with Gasteiger partial charge in [0.15, 0.2) is 9.84 Å². The van der Waals surface area contributed by atoms with Gasteiger partial charge in [-0.3, -0.25) is 0 Å². The van der Waals surface area contributed by atoms with E-state index in [1.165, 1.54) is 0 Å². The Bertz CT molecular complexity index is 1010. The van der Waals surface area contributed by atoms with Crippen molar-refractivity contribution in [3.05, 3.63) is 47.0 Å². The number of hydrogen-bond donors (Lipinski definition) is 1. The van der Waals surface area contributed by atoms with Gasteiger partial charge in [0.05, 0.1) is 10.5 Å². The maximum atomic E-state index is 13.9. The quantitative estimate of drug-likeness (QED) is 0.765. The van der Waals surface area contributed by atoms with E-state index in [1.807, 2.05) is 0 Å². The van der Waals surface area contributed by atoms with E-state index in [-0.39, 0.29) is 17.8 Å². The molecule has 1 aliphatic rings. The molecular formula is C16H13F6NO3S. The molecule has 0 fully saturated rings. The fourth-order valence-electron chi connectivity index (χ4n) is 3.12. The summed E-state index contributed by atoms with van der Waals surface area (Å²) in [7, 11) is -4.07. The Kier molecular flexibility index (Phi) is 4.38. The first-order chi connectivity index (χ1) is 12.2. The molecule has 1 heterocycles. The summed E-state index contributed by atoms with van der Waals surface area (Å²) in [6.45, 7) is 0. The lowest BCUT2D eigenvalue weighted by molar-refractivity contribution is -0.140. The van der Waals surface area contributed by atoms with E-state index in [1.54, 1.807) is 0 Å². The number of fused-ring (bicyclic) bond motifs is 1. The normalized spacial score (nSPS) is 19.8. The van der Waals surface area contributed by atoms with Crippen LogP contribution in [0.1, 0.15) is 29.3 Å². The SMILES string of the molecule is CS(=O)(=O)c1cn(-c2ccc(F)c(C(F)(F)F)c2)c2c1C(O)C(F)(F)CC2. The van der Waals surface area contributed by atoms with E-state index in [9.17, 15) is 39.9 Å². The largest absolute Gasteiger partial charge is 0.419 e. The van der Waals surface area contributed by atoms with Crippen molar-refractivity contribution in [2.24, 2.45) is 0 Å². The summed E-state index contributed by atoms with van der Waals surface area (Å²) < 4.78 is 105. The topological polar surface area (TPSA) is 59.3 Å². The van der Waals surface area contributed by atoms with Gasteiger partial charge in [0.25, 0.3) is 5.92 Å². The number of sulfone groups is 1. The van der Waals surface area contributed by atoms with E-state index >= 15 is 0 Å². The highest BCUT2D eigenvalue weighted by Crippen LogP contribution is 2.45. The van der Waals surface area contributed by atoms with Crippen LogP contribution in [0.15, 0.2) is 29.3 Å². The first kappa shape index (κ1) is 19.7. The molecule has 2 aromatic rings. The van der Waals surface area contributed by atoms with E-state index < -0.39 is 56.3 Å². The standard InChI is InChI=1S/C16H13F6NO3S/c1-27(25,26)12-7-23(11-4-5-15(18,19)14(24)13(11)12)8-2-3-10(17)9(6-8)16(20,21)22/h2-3,6-7,14,24H,4-5H2,1H3. The zero-order valence-electron chi connectivity index (χ0n) is 13.7. The summed E-state index contributed by atoms with van der Waals surface area (Å²) >= 11 is 0. The Labute approximate surface area is 150 Å². The van der Waals surface area contributed by atoms with Crippen LogP contribution in [0.2, 0.25) is 0 Å². The van der Waals surface area contributed by atoms with Crippen LogP contribution in [0, 0.1) is 5.82 Å². The second kappa shape index (κ2) is 5.99. The third-order valence-electron chi connectivity index (χ3n) is 4.42. The zero-order chi connectivity index (χ0) is 20.4. The first-order valence-electron chi connectivity index (χ1n) is 7.60. The van der Waals surface area contributed by atoms with Gasteiger partial charge in [-0.05, 0) is 24.6 Å². The average molecular weight is 413 g/mol. The smallest absolute Gasteiger partial charge is 0.382 e. The van der Waals surface area contributed by atoms with Gasteiger partial charge in [0.1, 0.15) is 11.9 Å². The van der Waals surface area contributed by atoms with Crippen LogP contribution in [0.5, 0.6) is 0 Å². The fourth-order valence-corrected chi connectivity index (χ4v) is 4.05. The van der Waals surface area contributed by atoms with Crippen LogP contribution in [0.4, 0.5) is 26.3 Å². The maximum Gasteiger partial charge on any atom is 0.419 e. The summed E-state index contributed by atoms with van der Waals surface area (Å²) in [5.74, 6) is -5.11. The Morgan fingerprint density at radius 3 is 2.44 bits per heavy atom. The Morgan fingerprint density at radius 2 is 1.89 bits per heavy atom. The second-order valence-corrected chi connectivity index (χ2v) is 8.31. The zero-order valence-corrected chi connectivity index (χ0v) is 14.5. The Morgan fingerprint density at radius 1 is 1.26 bits per heavy atom. The molecule has 1 unspecified atom stereocenters. The molecule has 0 amide bonds. The number of benzene rings is 1. The molecule has 11 heteroatoms. The Balaban J connectivity index is 2.29. The minimum absolute atomic E-state index is 0.0615. The molecule has 1 N–H and O–H groups in total. The van der Waals surface area contributed by atoms with Crippen molar-refractivity contribution in [3.63, 3.8) is 0 Å². The molecule has 4 nitrogen and oxygen atoms in total. The van der Waals surface area contributed by atoms with Crippen LogP contribution in [-0.2, 0) is 22.4 Å². The number of aromatic nitrogens is 1. The van der Waals surface area contributed by atoms with Gasteiger partial charge in [0.2, 0.25) is 0 Å². The van der Waals surface area contributed by atoms with Crippen LogP contribution in [-0.4, -0.2) is 30.3 Å². The third kappa shape index (κ3) is 3.33. The van der Waals surface area contributed by atoms with Gasteiger partial charge in [-0.25, -0.2) is 21.6 Å².